The van der Waals surface area contributed by atoms with Gasteiger partial charge in [-0.25, -0.2) is 0 Å². The van der Waals surface area contributed by atoms with E-state index in [9.17, 15) is 13.2 Å². The highest BCUT2D eigenvalue weighted by molar-refractivity contribution is 4.94. The molecule has 2 saturated heterocycles. The molecule has 0 saturated carbocycles. The van der Waals surface area contributed by atoms with Crippen molar-refractivity contribution in [2.45, 2.75) is 18.3 Å². The number of halogens is 3. The second-order valence-electron chi connectivity index (χ2n) is 4.37. The number of rotatable bonds is 0. The molecule has 2 rings (SSSR count). The molecule has 0 radical (unpaired) electrons. The molecule has 2 aliphatic heterocycles. The lowest BCUT2D eigenvalue weighted by molar-refractivity contribution is -0.199. The Morgan fingerprint density at radius 1 is 1.20 bits per heavy atom. The van der Waals surface area contributed by atoms with E-state index < -0.39 is 12.2 Å². The van der Waals surface area contributed by atoms with E-state index in [-0.39, 0.29) is 12.6 Å². The highest BCUT2D eigenvalue weighted by Gasteiger charge is 2.48. The van der Waals surface area contributed by atoms with Crippen molar-refractivity contribution in [3.05, 3.63) is 0 Å². The van der Waals surface area contributed by atoms with Gasteiger partial charge in [0, 0.05) is 38.8 Å². The molecule has 6 heteroatoms. The fourth-order valence-electron chi connectivity index (χ4n) is 2.42. The summed E-state index contributed by atoms with van der Waals surface area (Å²) in [5.41, 5.74) is 0. The van der Waals surface area contributed by atoms with E-state index in [1.165, 1.54) is 0 Å². The molecule has 0 aromatic heterocycles. The van der Waals surface area contributed by atoms with Gasteiger partial charge in [-0.05, 0) is 7.05 Å². The second kappa shape index (κ2) is 3.92. The Morgan fingerprint density at radius 3 is 2.60 bits per heavy atom. The molecule has 88 valence electrons. The maximum Gasteiger partial charge on any atom is 0.405 e. The zero-order valence-corrected chi connectivity index (χ0v) is 8.72. The van der Waals surface area contributed by atoms with Crippen LogP contribution in [0.1, 0.15) is 0 Å². The number of nitrogens with zero attached hydrogens (tertiary/aromatic N) is 2. The molecule has 0 spiro atoms. The first-order valence-corrected chi connectivity index (χ1v) is 5.20. The minimum Gasteiger partial charge on any atom is -0.313 e. The van der Waals surface area contributed by atoms with Crippen LogP contribution in [0.5, 0.6) is 0 Å². The number of likely N-dealkylation sites (N-methyl/N-ethyl adjacent to an activating group) is 1. The Labute approximate surface area is 87.2 Å². The first-order chi connectivity index (χ1) is 6.98. The van der Waals surface area contributed by atoms with Crippen molar-refractivity contribution in [3.8, 4) is 0 Å². The summed E-state index contributed by atoms with van der Waals surface area (Å²) in [6, 6.07) is -1.30. The van der Waals surface area contributed by atoms with Gasteiger partial charge in [0.1, 0.15) is 6.04 Å². The maximum atomic E-state index is 12.7. The Kier molecular flexibility index (Phi) is 2.92. The number of nitrogens with one attached hydrogen (secondary N) is 1. The van der Waals surface area contributed by atoms with Crippen LogP contribution in [0, 0.1) is 0 Å². The van der Waals surface area contributed by atoms with Crippen LogP contribution in [0.4, 0.5) is 13.2 Å². The van der Waals surface area contributed by atoms with Gasteiger partial charge in [0.2, 0.25) is 0 Å². The first-order valence-electron chi connectivity index (χ1n) is 5.20. The Morgan fingerprint density at radius 2 is 1.93 bits per heavy atom. The zero-order chi connectivity index (χ0) is 11.1. The van der Waals surface area contributed by atoms with Crippen molar-refractivity contribution in [2.24, 2.45) is 0 Å². The van der Waals surface area contributed by atoms with E-state index >= 15 is 0 Å². The third-order valence-electron chi connectivity index (χ3n) is 3.23. The van der Waals surface area contributed by atoms with Crippen LogP contribution in [0.2, 0.25) is 0 Å². The fourth-order valence-corrected chi connectivity index (χ4v) is 2.42. The van der Waals surface area contributed by atoms with Crippen molar-refractivity contribution in [3.63, 3.8) is 0 Å². The van der Waals surface area contributed by atoms with E-state index in [1.54, 1.807) is 4.90 Å². The predicted molar refractivity (Wildman–Crippen MR) is 50.7 cm³/mol. The third kappa shape index (κ3) is 2.26. The molecular weight excluding hydrogens is 207 g/mol. The number of fused-ring (bicyclic) bond motifs is 1. The van der Waals surface area contributed by atoms with Gasteiger partial charge >= 0.3 is 6.18 Å². The lowest BCUT2D eigenvalue weighted by Gasteiger charge is -2.47. The molecule has 0 aromatic carbocycles. The Hall–Kier alpha value is -0.330. The molecule has 15 heavy (non-hydrogen) atoms. The second-order valence-corrected chi connectivity index (χ2v) is 4.37. The molecule has 0 aliphatic carbocycles. The molecule has 2 heterocycles. The Balaban J connectivity index is 2.08. The minimum atomic E-state index is -4.11. The monoisotopic (exact) mass is 223 g/mol. The molecule has 0 aromatic rings. The summed E-state index contributed by atoms with van der Waals surface area (Å²) in [6.45, 7) is 2.66. The lowest BCUT2D eigenvalue weighted by Crippen LogP contribution is -2.67. The van der Waals surface area contributed by atoms with Crippen LogP contribution in [-0.4, -0.2) is 67.8 Å². The summed E-state index contributed by atoms with van der Waals surface area (Å²) in [4.78, 5) is 3.69. The van der Waals surface area contributed by atoms with Crippen LogP contribution in [0.3, 0.4) is 0 Å². The molecule has 0 amide bonds. The zero-order valence-electron chi connectivity index (χ0n) is 8.72. The van der Waals surface area contributed by atoms with Crippen molar-refractivity contribution in [1.29, 1.82) is 0 Å². The summed E-state index contributed by atoms with van der Waals surface area (Å²) in [6.07, 6.45) is -4.11. The van der Waals surface area contributed by atoms with Gasteiger partial charge in [-0.3, -0.25) is 4.90 Å². The van der Waals surface area contributed by atoms with Gasteiger partial charge < -0.3 is 10.2 Å². The van der Waals surface area contributed by atoms with Crippen LogP contribution in [-0.2, 0) is 0 Å². The summed E-state index contributed by atoms with van der Waals surface area (Å²) in [5.74, 6) is 0. The lowest BCUT2D eigenvalue weighted by atomic mass is 10.0. The summed E-state index contributed by atoms with van der Waals surface area (Å²) in [7, 11) is 1.95. The SMILES string of the molecule is CN1CCN2C(CNCC2C(F)(F)F)C1. The van der Waals surface area contributed by atoms with Gasteiger partial charge in [0.15, 0.2) is 0 Å². The topological polar surface area (TPSA) is 18.5 Å². The van der Waals surface area contributed by atoms with Crippen LogP contribution >= 0.6 is 0 Å². The van der Waals surface area contributed by atoms with Crippen molar-refractivity contribution in [2.75, 3.05) is 39.8 Å². The van der Waals surface area contributed by atoms with Gasteiger partial charge in [-0.1, -0.05) is 0 Å². The van der Waals surface area contributed by atoms with Crippen molar-refractivity contribution in [1.82, 2.24) is 15.1 Å². The largest absolute Gasteiger partial charge is 0.405 e. The quantitative estimate of drug-likeness (QED) is 0.630. The molecular formula is C9H16F3N3. The first kappa shape index (κ1) is 11.2. The van der Waals surface area contributed by atoms with Gasteiger partial charge in [-0.2, -0.15) is 13.2 Å². The summed E-state index contributed by atoms with van der Waals surface area (Å²) in [5, 5.41) is 2.87. The fraction of sp³-hybridized carbons (Fsp3) is 1.00. The summed E-state index contributed by atoms with van der Waals surface area (Å²) >= 11 is 0. The molecule has 2 aliphatic rings. The van der Waals surface area contributed by atoms with Gasteiger partial charge in [-0.15, -0.1) is 0 Å². The smallest absolute Gasteiger partial charge is 0.313 e. The molecule has 2 fully saturated rings. The van der Waals surface area contributed by atoms with Crippen LogP contribution < -0.4 is 5.32 Å². The highest BCUT2D eigenvalue weighted by atomic mass is 19.4. The van der Waals surface area contributed by atoms with Crippen molar-refractivity contribution >= 4 is 0 Å². The number of hydrogen-bond donors (Lipinski definition) is 1. The Bertz CT molecular complexity index is 231. The van der Waals surface area contributed by atoms with Crippen molar-refractivity contribution < 1.29 is 13.2 Å². The third-order valence-corrected chi connectivity index (χ3v) is 3.23. The standard InChI is InChI=1S/C9H16F3N3/c1-14-2-3-15-7(6-14)4-13-5-8(15)9(10,11)12/h7-8,13H,2-6H2,1H3. The van der Waals surface area contributed by atoms with E-state index in [4.69, 9.17) is 0 Å². The van der Waals surface area contributed by atoms with Crippen LogP contribution in [0.25, 0.3) is 0 Å². The van der Waals surface area contributed by atoms with E-state index in [1.807, 2.05) is 7.05 Å². The highest BCUT2D eigenvalue weighted by Crippen LogP contribution is 2.28. The summed E-state index contributed by atoms with van der Waals surface area (Å²) < 4.78 is 38.1. The van der Waals surface area contributed by atoms with Gasteiger partial charge in [0.25, 0.3) is 0 Å². The number of hydrogen-bond acceptors (Lipinski definition) is 3. The molecule has 0 bridgehead atoms. The number of alkyl halides is 3. The minimum absolute atomic E-state index is 0.00382. The molecule has 2 unspecified atom stereocenters. The van der Waals surface area contributed by atoms with E-state index in [0.717, 1.165) is 13.1 Å². The average molecular weight is 223 g/mol. The van der Waals surface area contributed by atoms with Crippen LogP contribution in [0.15, 0.2) is 0 Å². The van der Waals surface area contributed by atoms with E-state index in [0.29, 0.717) is 13.1 Å². The van der Waals surface area contributed by atoms with E-state index in [2.05, 4.69) is 10.2 Å². The molecule has 2 atom stereocenters. The predicted octanol–water partition coefficient (Wildman–Crippen LogP) is 0.136. The molecule has 1 N–H and O–H groups in total. The van der Waals surface area contributed by atoms with Gasteiger partial charge in [0.05, 0.1) is 0 Å². The average Bonchev–Trinajstić information content (AvgIpc) is 2.15. The maximum absolute atomic E-state index is 12.7. The number of piperazine rings is 2. The molecule has 3 nitrogen and oxygen atoms in total. The normalized spacial score (nSPS) is 35.2.